The van der Waals surface area contributed by atoms with Crippen LogP contribution < -0.4 is 5.32 Å². The van der Waals surface area contributed by atoms with Crippen LogP contribution in [0, 0.1) is 0 Å². The van der Waals surface area contributed by atoms with Crippen LogP contribution >= 0.6 is 0 Å². The summed E-state index contributed by atoms with van der Waals surface area (Å²) in [7, 11) is 4.30. The molecule has 0 aliphatic heterocycles. The molecule has 0 saturated heterocycles. The summed E-state index contributed by atoms with van der Waals surface area (Å²) in [5, 5.41) is 4.92. The first-order valence-corrected chi connectivity index (χ1v) is 7.39. The summed E-state index contributed by atoms with van der Waals surface area (Å²) in [6, 6.07) is 7.64. The monoisotopic (exact) mass is 256 g/mol. The molecule has 1 unspecified atom stereocenters. The van der Waals surface area contributed by atoms with Gasteiger partial charge in [-0.3, -0.25) is 0 Å². The van der Waals surface area contributed by atoms with Gasteiger partial charge in [0.25, 0.3) is 0 Å². The van der Waals surface area contributed by atoms with Gasteiger partial charge in [0.15, 0.2) is 0 Å². The lowest BCUT2D eigenvalue weighted by Crippen LogP contribution is -2.32. The zero-order valence-corrected chi connectivity index (χ0v) is 12.5. The molecule has 0 bridgehead atoms. The SMILES string of the molecule is CNC1CCc2c(n(C)c3ccc(C(C)C)cc23)C1. The van der Waals surface area contributed by atoms with Crippen molar-refractivity contribution < 1.29 is 0 Å². The molecule has 1 aromatic carbocycles. The molecule has 1 aliphatic rings. The van der Waals surface area contributed by atoms with Crippen LogP contribution in [0.15, 0.2) is 18.2 Å². The van der Waals surface area contributed by atoms with Gasteiger partial charge in [0.1, 0.15) is 0 Å². The summed E-state index contributed by atoms with van der Waals surface area (Å²) in [5.41, 5.74) is 5.97. The van der Waals surface area contributed by atoms with E-state index in [1.54, 1.807) is 5.56 Å². The minimum Gasteiger partial charge on any atom is -0.347 e. The highest BCUT2D eigenvalue weighted by molar-refractivity contribution is 5.86. The minimum absolute atomic E-state index is 0.605. The van der Waals surface area contributed by atoms with E-state index >= 15 is 0 Å². The zero-order valence-electron chi connectivity index (χ0n) is 12.5. The Labute approximate surface area is 115 Å². The van der Waals surface area contributed by atoms with E-state index in [1.807, 2.05) is 0 Å². The van der Waals surface area contributed by atoms with Crippen molar-refractivity contribution in [3.05, 3.63) is 35.0 Å². The van der Waals surface area contributed by atoms with Crippen molar-refractivity contribution >= 4 is 10.9 Å². The Morgan fingerprint density at radius 1 is 1.32 bits per heavy atom. The van der Waals surface area contributed by atoms with Crippen molar-refractivity contribution in [2.24, 2.45) is 7.05 Å². The number of fused-ring (bicyclic) bond motifs is 3. The summed E-state index contributed by atoms with van der Waals surface area (Å²) in [6.07, 6.45) is 3.63. The van der Waals surface area contributed by atoms with Crippen molar-refractivity contribution in [2.75, 3.05) is 7.05 Å². The lowest BCUT2D eigenvalue weighted by atomic mass is 9.91. The molecule has 1 atom stereocenters. The van der Waals surface area contributed by atoms with Gasteiger partial charge in [-0.1, -0.05) is 19.9 Å². The van der Waals surface area contributed by atoms with E-state index < -0.39 is 0 Å². The number of aromatic nitrogens is 1. The van der Waals surface area contributed by atoms with E-state index in [0.717, 1.165) is 6.42 Å². The van der Waals surface area contributed by atoms with Crippen LogP contribution in [0.3, 0.4) is 0 Å². The largest absolute Gasteiger partial charge is 0.347 e. The second-order valence-corrected chi connectivity index (χ2v) is 6.14. The third-order valence-electron chi connectivity index (χ3n) is 4.72. The highest BCUT2D eigenvalue weighted by Crippen LogP contribution is 2.33. The fraction of sp³-hybridized carbons (Fsp3) is 0.529. The molecule has 0 spiro atoms. The second-order valence-electron chi connectivity index (χ2n) is 6.14. The molecule has 19 heavy (non-hydrogen) atoms. The Morgan fingerprint density at radius 3 is 2.79 bits per heavy atom. The van der Waals surface area contributed by atoms with E-state index in [2.05, 4.69) is 56.0 Å². The number of hydrogen-bond acceptors (Lipinski definition) is 1. The Hall–Kier alpha value is -1.28. The number of nitrogens with zero attached hydrogens (tertiary/aromatic N) is 1. The standard InChI is InChI=1S/C17H24N2/c1-11(2)12-5-8-16-15(9-12)14-7-6-13(18-3)10-17(14)19(16)4/h5,8-9,11,13,18H,6-7,10H2,1-4H3. The molecule has 0 amide bonds. The Morgan fingerprint density at radius 2 is 2.11 bits per heavy atom. The molecule has 2 aromatic rings. The molecule has 1 heterocycles. The van der Waals surface area contributed by atoms with Gasteiger partial charge in [0.05, 0.1) is 0 Å². The predicted octanol–water partition coefficient (Wildman–Crippen LogP) is 3.38. The van der Waals surface area contributed by atoms with Crippen molar-refractivity contribution in [3.63, 3.8) is 0 Å². The fourth-order valence-electron chi connectivity index (χ4n) is 3.39. The number of rotatable bonds is 2. The summed E-state index contributed by atoms with van der Waals surface area (Å²) >= 11 is 0. The molecular weight excluding hydrogens is 232 g/mol. The summed E-state index contributed by atoms with van der Waals surface area (Å²) < 4.78 is 2.40. The van der Waals surface area contributed by atoms with Gasteiger partial charge in [-0.25, -0.2) is 0 Å². The van der Waals surface area contributed by atoms with Gasteiger partial charge in [0, 0.05) is 36.1 Å². The van der Waals surface area contributed by atoms with Crippen LogP contribution in [0.4, 0.5) is 0 Å². The van der Waals surface area contributed by atoms with Gasteiger partial charge < -0.3 is 9.88 Å². The van der Waals surface area contributed by atoms with E-state index in [0.29, 0.717) is 12.0 Å². The fourth-order valence-corrected chi connectivity index (χ4v) is 3.39. The highest BCUT2D eigenvalue weighted by Gasteiger charge is 2.23. The van der Waals surface area contributed by atoms with Crippen molar-refractivity contribution in [2.45, 2.75) is 45.1 Å². The molecule has 3 rings (SSSR count). The van der Waals surface area contributed by atoms with Crippen molar-refractivity contribution in [1.29, 1.82) is 0 Å². The smallest absolute Gasteiger partial charge is 0.0482 e. The maximum atomic E-state index is 3.43. The van der Waals surface area contributed by atoms with Crippen LogP contribution in [0.5, 0.6) is 0 Å². The first-order valence-electron chi connectivity index (χ1n) is 7.39. The predicted molar refractivity (Wildman–Crippen MR) is 81.9 cm³/mol. The summed E-state index contributed by atoms with van der Waals surface area (Å²) in [6.45, 7) is 4.54. The molecule has 0 fully saturated rings. The Balaban J connectivity index is 2.17. The molecule has 2 heteroatoms. The van der Waals surface area contributed by atoms with Crippen LogP contribution in [-0.2, 0) is 19.9 Å². The molecule has 1 aliphatic carbocycles. The number of nitrogens with one attached hydrogen (secondary N) is 1. The van der Waals surface area contributed by atoms with Gasteiger partial charge >= 0.3 is 0 Å². The number of likely N-dealkylation sites (N-methyl/N-ethyl adjacent to an activating group) is 1. The summed E-state index contributed by atoms with van der Waals surface area (Å²) in [4.78, 5) is 0. The van der Waals surface area contributed by atoms with E-state index in [4.69, 9.17) is 0 Å². The number of aryl methyl sites for hydroxylation is 2. The molecular formula is C17H24N2. The summed E-state index contributed by atoms with van der Waals surface area (Å²) in [5.74, 6) is 0.605. The average molecular weight is 256 g/mol. The van der Waals surface area contributed by atoms with E-state index in [-0.39, 0.29) is 0 Å². The molecule has 2 nitrogen and oxygen atoms in total. The van der Waals surface area contributed by atoms with Crippen LogP contribution in [0.25, 0.3) is 10.9 Å². The molecule has 1 N–H and O–H groups in total. The second kappa shape index (κ2) is 4.68. The van der Waals surface area contributed by atoms with E-state index in [1.165, 1.54) is 35.0 Å². The normalized spacial score (nSPS) is 19.1. The highest BCUT2D eigenvalue weighted by atomic mass is 15.0. The lowest BCUT2D eigenvalue weighted by molar-refractivity contribution is 0.485. The first-order chi connectivity index (χ1) is 9.11. The van der Waals surface area contributed by atoms with Crippen molar-refractivity contribution in [3.8, 4) is 0 Å². The number of benzene rings is 1. The van der Waals surface area contributed by atoms with Gasteiger partial charge in [-0.05, 0) is 49.1 Å². The third kappa shape index (κ3) is 1.99. The zero-order chi connectivity index (χ0) is 13.6. The van der Waals surface area contributed by atoms with Gasteiger partial charge in [0.2, 0.25) is 0 Å². The van der Waals surface area contributed by atoms with Crippen molar-refractivity contribution in [1.82, 2.24) is 9.88 Å². The Bertz CT molecular complexity index is 607. The van der Waals surface area contributed by atoms with Gasteiger partial charge in [-0.15, -0.1) is 0 Å². The van der Waals surface area contributed by atoms with Gasteiger partial charge in [-0.2, -0.15) is 0 Å². The number of hydrogen-bond donors (Lipinski definition) is 1. The molecule has 0 saturated carbocycles. The van der Waals surface area contributed by atoms with E-state index in [9.17, 15) is 0 Å². The quantitative estimate of drug-likeness (QED) is 0.871. The Kier molecular flexibility index (Phi) is 3.14. The molecule has 102 valence electrons. The maximum absolute atomic E-state index is 3.43. The molecule has 0 radical (unpaired) electrons. The third-order valence-corrected chi connectivity index (χ3v) is 4.72. The molecule has 1 aromatic heterocycles. The topological polar surface area (TPSA) is 17.0 Å². The van der Waals surface area contributed by atoms with Crippen LogP contribution in [-0.4, -0.2) is 17.7 Å². The first kappa shape index (κ1) is 12.7. The maximum Gasteiger partial charge on any atom is 0.0482 e. The lowest BCUT2D eigenvalue weighted by Gasteiger charge is -2.23. The van der Waals surface area contributed by atoms with Crippen LogP contribution in [0.2, 0.25) is 0 Å². The minimum atomic E-state index is 0.605. The van der Waals surface area contributed by atoms with Crippen LogP contribution in [0.1, 0.15) is 43.0 Å². The average Bonchev–Trinajstić information content (AvgIpc) is 2.71.